The van der Waals surface area contributed by atoms with Crippen molar-refractivity contribution in [1.82, 2.24) is 9.80 Å². The van der Waals surface area contributed by atoms with Crippen molar-refractivity contribution in [1.29, 1.82) is 0 Å². The monoisotopic (exact) mass is 350 g/mol. The highest BCUT2D eigenvalue weighted by atomic mass is 19.1. The SMILES string of the molecule is CC(C)(C)OC(=O)N1CCN(C(=O)CCCc2ccccc2F)CC1. The third-order valence-electron chi connectivity index (χ3n) is 4.08. The van der Waals surface area contributed by atoms with Crippen LogP contribution in [0.15, 0.2) is 24.3 Å². The van der Waals surface area contributed by atoms with Crippen LogP contribution in [0, 0.1) is 5.82 Å². The minimum atomic E-state index is -0.517. The lowest BCUT2D eigenvalue weighted by molar-refractivity contribution is -0.133. The third kappa shape index (κ3) is 6.03. The number of ether oxygens (including phenoxy) is 1. The van der Waals surface area contributed by atoms with Gasteiger partial charge in [-0.05, 0) is 45.2 Å². The van der Waals surface area contributed by atoms with Gasteiger partial charge in [0.25, 0.3) is 0 Å². The van der Waals surface area contributed by atoms with Crippen LogP contribution < -0.4 is 0 Å². The first-order chi connectivity index (χ1) is 11.8. The summed E-state index contributed by atoms with van der Waals surface area (Å²) in [7, 11) is 0. The maximum atomic E-state index is 13.6. The van der Waals surface area contributed by atoms with Crippen LogP contribution in [0.1, 0.15) is 39.2 Å². The standard InChI is InChI=1S/C19H27FN2O3/c1-19(2,3)25-18(24)22-13-11-21(12-14-22)17(23)10-6-8-15-7-4-5-9-16(15)20/h4-5,7,9H,6,8,10-14H2,1-3H3. The van der Waals surface area contributed by atoms with Gasteiger partial charge in [0, 0.05) is 32.6 Å². The molecule has 1 fully saturated rings. The molecule has 6 heteroatoms. The van der Waals surface area contributed by atoms with Gasteiger partial charge in [0.15, 0.2) is 0 Å². The van der Waals surface area contributed by atoms with Crippen molar-refractivity contribution < 1.29 is 18.7 Å². The van der Waals surface area contributed by atoms with Crippen LogP contribution in [0.5, 0.6) is 0 Å². The molecule has 0 saturated carbocycles. The molecule has 0 N–H and O–H groups in total. The summed E-state index contributed by atoms with van der Waals surface area (Å²) in [6.07, 6.45) is 1.22. The second-order valence-corrected chi connectivity index (χ2v) is 7.29. The first-order valence-corrected chi connectivity index (χ1v) is 8.75. The van der Waals surface area contributed by atoms with Crippen molar-refractivity contribution in [2.75, 3.05) is 26.2 Å². The van der Waals surface area contributed by atoms with Crippen LogP contribution in [-0.2, 0) is 16.0 Å². The first kappa shape index (κ1) is 19.2. The van der Waals surface area contributed by atoms with Crippen molar-refractivity contribution >= 4 is 12.0 Å². The molecular formula is C19H27FN2O3. The van der Waals surface area contributed by atoms with Crippen molar-refractivity contribution in [2.45, 2.75) is 45.6 Å². The van der Waals surface area contributed by atoms with E-state index in [1.807, 2.05) is 20.8 Å². The molecule has 0 unspecified atom stereocenters. The fourth-order valence-corrected chi connectivity index (χ4v) is 2.75. The molecule has 25 heavy (non-hydrogen) atoms. The molecule has 2 amide bonds. The first-order valence-electron chi connectivity index (χ1n) is 8.75. The Morgan fingerprint density at radius 3 is 2.28 bits per heavy atom. The van der Waals surface area contributed by atoms with Gasteiger partial charge in [0.1, 0.15) is 11.4 Å². The molecule has 0 aromatic heterocycles. The zero-order valence-corrected chi connectivity index (χ0v) is 15.3. The molecule has 0 atom stereocenters. The lowest BCUT2D eigenvalue weighted by atomic mass is 10.1. The molecule has 2 rings (SSSR count). The van der Waals surface area contributed by atoms with Crippen molar-refractivity contribution in [3.63, 3.8) is 0 Å². The summed E-state index contributed by atoms with van der Waals surface area (Å²) in [5, 5.41) is 0. The molecule has 1 saturated heterocycles. The van der Waals surface area contributed by atoms with E-state index in [9.17, 15) is 14.0 Å². The summed E-state index contributed by atoms with van der Waals surface area (Å²) >= 11 is 0. The number of benzene rings is 1. The lowest BCUT2D eigenvalue weighted by Gasteiger charge is -2.35. The molecule has 0 radical (unpaired) electrons. The highest BCUT2D eigenvalue weighted by molar-refractivity contribution is 5.76. The average Bonchev–Trinajstić information content (AvgIpc) is 2.55. The van der Waals surface area contributed by atoms with E-state index in [2.05, 4.69) is 0 Å². The number of carbonyl (C=O) groups is 2. The molecule has 0 aliphatic carbocycles. The Bertz CT molecular complexity index is 605. The molecule has 1 aliphatic rings. The Morgan fingerprint density at radius 1 is 1.08 bits per heavy atom. The second-order valence-electron chi connectivity index (χ2n) is 7.29. The number of amides is 2. The van der Waals surface area contributed by atoms with Crippen LogP contribution in [0.2, 0.25) is 0 Å². The molecule has 138 valence electrons. The molecule has 0 bridgehead atoms. The van der Waals surface area contributed by atoms with Crippen LogP contribution in [0.25, 0.3) is 0 Å². The molecule has 1 aromatic carbocycles. The summed E-state index contributed by atoms with van der Waals surface area (Å²) < 4.78 is 18.9. The maximum absolute atomic E-state index is 13.6. The lowest BCUT2D eigenvalue weighted by Crippen LogP contribution is -2.51. The van der Waals surface area contributed by atoms with Crippen molar-refractivity contribution in [2.24, 2.45) is 0 Å². The van der Waals surface area contributed by atoms with Crippen LogP contribution in [-0.4, -0.2) is 53.6 Å². The Morgan fingerprint density at radius 2 is 1.68 bits per heavy atom. The average molecular weight is 350 g/mol. The Balaban J connectivity index is 1.72. The number of hydrogen-bond donors (Lipinski definition) is 0. The second kappa shape index (κ2) is 8.32. The van der Waals surface area contributed by atoms with E-state index >= 15 is 0 Å². The zero-order valence-electron chi connectivity index (χ0n) is 15.3. The minimum Gasteiger partial charge on any atom is -0.444 e. The van der Waals surface area contributed by atoms with Gasteiger partial charge in [-0.2, -0.15) is 0 Å². The normalized spacial score (nSPS) is 15.2. The van der Waals surface area contributed by atoms with Gasteiger partial charge in [0.05, 0.1) is 0 Å². The number of nitrogens with zero attached hydrogens (tertiary/aromatic N) is 2. The molecule has 1 heterocycles. The Kier molecular flexibility index (Phi) is 6.39. The number of aryl methyl sites for hydroxylation is 1. The van der Waals surface area contributed by atoms with Gasteiger partial charge in [-0.15, -0.1) is 0 Å². The van der Waals surface area contributed by atoms with Gasteiger partial charge < -0.3 is 14.5 Å². The Labute approximate surface area is 148 Å². The molecule has 0 spiro atoms. The van der Waals surface area contributed by atoms with E-state index in [1.165, 1.54) is 6.07 Å². The van der Waals surface area contributed by atoms with Gasteiger partial charge in [-0.1, -0.05) is 18.2 Å². The van der Waals surface area contributed by atoms with Gasteiger partial charge >= 0.3 is 6.09 Å². The summed E-state index contributed by atoms with van der Waals surface area (Å²) in [4.78, 5) is 27.7. The van der Waals surface area contributed by atoms with E-state index < -0.39 is 5.60 Å². The van der Waals surface area contributed by atoms with Gasteiger partial charge in [0.2, 0.25) is 5.91 Å². The quantitative estimate of drug-likeness (QED) is 0.838. The van der Waals surface area contributed by atoms with E-state index in [0.29, 0.717) is 51.0 Å². The fourth-order valence-electron chi connectivity index (χ4n) is 2.75. The fraction of sp³-hybridized carbons (Fsp3) is 0.579. The van der Waals surface area contributed by atoms with Crippen molar-refractivity contribution in [3.05, 3.63) is 35.6 Å². The zero-order chi connectivity index (χ0) is 18.4. The van der Waals surface area contributed by atoms with Crippen LogP contribution in [0.4, 0.5) is 9.18 Å². The predicted octanol–water partition coefficient (Wildman–Crippen LogP) is 3.23. The van der Waals surface area contributed by atoms with E-state index in [0.717, 1.165) is 0 Å². The smallest absolute Gasteiger partial charge is 0.410 e. The summed E-state index contributed by atoms with van der Waals surface area (Å²) in [5.41, 5.74) is 0.126. The highest BCUT2D eigenvalue weighted by Gasteiger charge is 2.27. The number of hydrogen-bond acceptors (Lipinski definition) is 3. The van der Waals surface area contributed by atoms with Crippen LogP contribution in [0.3, 0.4) is 0 Å². The molecule has 1 aliphatic heterocycles. The highest BCUT2D eigenvalue weighted by Crippen LogP contribution is 2.14. The number of carbonyl (C=O) groups excluding carboxylic acids is 2. The number of piperazine rings is 1. The van der Waals surface area contributed by atoms with Gasteiger partial charge in [-0.25, -0.2) is 9.18 Å². The number of halogens is 1. The minimum absolute atomic E-state index is 0.0557. The predicted molar refractivity (Wildman–Crippen MR) is 93.7 cm³/mol. The van der Waals surface area contributed by atoms with E-state index in [4.69, 9.17) is 4.74 Å². The maximum Gasteiger partial charge on any atom is 0.410 e. The van der Waals surface area contributed by atoms with E-state index in [-0.39, 0.29) is 17.8 Å². The molecular weight excluding hydrogens is 323 g/mol. The molecule has 1 aromatic rings. The number of rotatable bonds is 4. The summed E-state index contributed by atoms with van der Waals surface area (Å²) in [6, 6.07) is 6.65. The molecule has 5 nitrogen and oxygen atoms in total. The topological polar surface area (TPSA) is 49.9 Å². The Hall–Kier alpha value is -2.11. The largest absolute Gasteiger partial charge is 0.444 e. The third-order valence-corrected chi connectivity index (χ3v) is 4.08. The summed E-state index contributed by atoms with van der Waals surface area (Å²) in [6.45, 7) is 7.48. The summed E-state index contributed by atoms with van der Waals surface area (Å²) in [5.74, 6) is -0.166. The van der Waals surface area contributed by atoms with Crippen molar-refractivity contribution in [3.8, 4) is 0 Å². The van der Waals surface area contributed by atoms with Gasteiger partial charge in [-0.3, -0.25) is 4.79 Å². The van der Waals surface area contributed by atoms with E-state index in [1.54, 1.807) is 28.0 Å². The van der Waals surface area contributed by atoms with Crippen LogP contribution >= 0.6 is 0 Å².